The Morgan fingerprint density at radius 3 is 2.59 bits per heavy atom. The highest BCUT2D eigenvalue weighted by molar-refractivity contribution is 5.82. The molecule has 6 rings (SSSR count). The van der Waals surface area contributed by atoms with Crippen molar-refractivity contribution in [3.63, 3.8) is 0 Å². The molecule has 4 heterocycles. The van der Waals surface area contributed by atoms with Crippen LogP contribution in [-0.2, 0) is 6.54 Å². The maximum atomic E-state index is 11.9. The molecule has 1 unspecified atom stereocenters. The number of aliphatic hydroxyl groups is 1. The monoisotopic (exact) mass is 524 g/mol. The minimum absolute atomic E-state index is 0. The number of nitrogens with zero attached hydrogens (tertiary/aromatic N) is 2. The fourth-order valence-corrected chi connectivity index (χ4v) is 6.29. The minimum atomic E-state index is -0.557. The highest BCUT2D eigenvalue weighted by Gasteiger charge is 2.54. The number of pyridine rings is 1. The number of fused-ring (bicyclic) bond motifs is 4. The average Bonchev–Trinajstić information content (AvgIpc) is 2.87. The van der Waals surface area contributed by atoms with Gasteiger partial charge in [0.15, 0.2) is 0 Å². The van der Waals surface area contributed by atoms with Crippen molar-refractivity contribution in [1.82, 2.24) is 4.98 Å². The van der Waals surface area contributed by atoms with Gasteiger partial charge in [-0.2, -0.15) is 0 Å². The van der Waals surface area contributed by atoms with Gasteiger partial charge < -0.3 is 36.0 Å². The van der Waals surface area contributed by atoms with Crippen molar-refractivity contribution < 1.29 is 36.0 Å². The lowest BCUT2D eigenvalue weighted by atomic mass is 9.71. The van der Waals surface area contributed by atoms with Crippen molar-refractivity contribution in [3.05, 3.63) is 78.5 Å². The summed E-state index contributed by atoms with van der Waals surface area (Å²) < 4.78 is 11.9. The molecule has 0 spiro atoms. The van der Waals surface area contributed by atoms with E-state index < -0.39 is 6.10 Å². The van der Waals surface area contributed by atoms with Gasteiger partial charge in [0, 0.05) is 42.0 Å². The zero-order valence-electron chi connectivity index (χ0n) is 19.9. The van der Waals surface area contributed by atoms with Crippen LogP contribution in [0.3, 0.4) is 0 Å². The number of hydrogen-bond donors (Lipinski definition) is 1. The molecule has 5 nitrogen and oxygen atoms in total. The van der Waals surface area contributed by atoms with E-state index in [1.165, 1.54) is 5.56 Å². The number of benzene rings is 2. The molecular formula is C28H33BrN2O3. The summed E-state index contributed by atoms with van der Waals surface area (Å²) in [5.74, 6) is 2.65. The van der Waals surface area contributed by atoms with E-state index in [1.807, 2.05) is 36.5 Å². The van der Waals surface area contributed by atoms with Crippen LogP contribution < -0.4 is 26.5 Å². The van der Waals surface area contributed by atoms with Gasteiger partial charge in [-0.25, -0.2) is 0 Å². The van der Waals surface area contributed by atoms with Crippen LogP contribution in [-0.4, -0.2) is 47.9 Å². The molecule has 0 aliphatic carbocycles. The number of rotatable bonds is 7. The van der Waals surface area contributed by atoms with E-state index in [9.17, 15) is 5.11 Å². The first-order chi connectivity index (χ1) is 16.1. The van der Waals surface area contributed by atoms with Gasteiger partial charge in [-0.1, -0.05) is 24.3 Å². The third kappa shape index (κ3) is 4.35. The number of halogens is 1. The first-order valence-electron chi connectivity index (χ1n) is 11.8. The van der Waals surface area contributed by atoms with Gasteiger partial charge in [0.1, 0.15) is 30.2 Å². The quantitative estimate of drug-likeness (QED) is 0.379. The number of hydrogen-bond acceptors (Lipinski definition) is 4. The number of para-hydroxylation sites is 1. The topological polar surface area (TPSA) is 51.6 Å². The van der Waals surface area contributed by atoms with Crippen molar-refractivity contribution in [2.24, 2.45) is 11.8 Å². The van der Waals surface area contributed by atoms with Crippen molar-refractivity contribution in [3.8, 4) is 11.5 Å². The molecule has 2 aromatic carbocycles. The Morgan fingerprint density at radius 1 is 1.15 bits per heavy atom. The Morgan fingerprint density at radius 2 is 1.88 bits per heavy atom. The highest BCUT2D eigenvalue weighted by atomic mass is 79.9. The summed E-state index contributed by atoms with van der Waals surface area (Å²) in [6.07, 6.45) is 5.56. The molecule has 6 heteroatoms. The van der Waals surface area contributed by atoms with Crippen LogP contribution in [0.15, 0.2) is 67.4 Å². The molecule has 0 radical (unpaired) electrons. The van der Waals surface area contributed by atoms with Crippen molar-refractivity contribution in [1.29, 1.82) is 0 Å². The van der Waals surface area contributed by atoms with Crippen molar-refractivity contribution >= 4 is 10.9 Å². The molecule has 180 valence electrons. The molecule has 3 fully saturated rings. The number of methoxy groups -OCH3 is 2. The lowest BCUT2D eigenvalue weighted by Crippen LogP contribution is -3.00. The molecule has 3 aromatic rings. The molecule has 5 atom stereocenters. The largest absolute Gasteiger partial charge is 1.00 e. The second-order valence-electron chi connectivity index (χ2n) is 9.62. The third-order valence-corrected chi connectivity index (χ3v) is 7.95. The van der Waals surface area contributed by atoms with E-state index in [2.05, 4.69) is 35.8 Å². The van der Waals surface area contributed by atoms with E-state index >= 15 is 0 Å². The van der Waals surface area contributed by atoms with Gasteiger partial charge in [-0.15, -0.1) is 6.58 Å². The normalized spacial score (nSPS) is 26.5. The highest BCUT2D eigenvalue weighted by Crippen LogP contribution is 2.48. The Labute approximate surface area is 212 Å². The van der Waals surface area contributed by atoms with Gasteiger partial charge in [-0.3, -0.25) is 4.98 Å². The van der Waals surface area contributed by atoms with Gasteiger partial charge in [0.05, 0.1) is 32.8 Å². The predicted octanol–water partition coefficient (Wildman–Crippen LogP) is 1.90. The molecule has 3 aliphatic heterocycles. The molecule has 3 aliphatic rings. The summed E-state index contributed by atoms with van der Waals surface area (Å²) in [5.41, 5.74) is 3.08. The summed E-state index contributed by atoms with van der Waals surface area (Å²) in [6, 6.07) is 16.3. The maximum Gasteiger partial charge on any atom is 0.131 e. The summed E-state index contributed by atoms with van der Waals surface area (Å²) in [7, 11) is 3.37. The van der Waals surface area contributed by atoms with Crippen LogP contribution >= 0.6 is 0 Å². The molecule has 2 bridgehead atoms. The molecule has 0 saturated carbocycles. The van der Waals surface area contributed by atoms with E-state index in [4.69, 9.17) is 9.47 Å². The zero-order valence-corrected chi connectivity index (χ0v) is 21.4. The number of ether oxygens (including phenoxy) is 2. The molecular weight excluding hydrogens is 492 g/mol. The van der Waals surface area contributed by atoms with Crippen molar-refractivity contribution in [2.75, 3.05) is 27.3 Å². The minimum Gasteiger partial charge on any atom is -1.00 e. The van der Waals surface area contributed by atoms with Crippen LogP contribution in [0.4, 0.5) is 0 Å². The fourth-order valence-electron chi connectivity index (χ4n) is 6.29. The first kappa shape index (κ1) is 24.7. The number of aliphatic hydroxyl groups excluding tert-OH is 1. The SMILES string of the molecule is C=C[C@H]1C[N+]2(Cc3cc(OC)cc(OC)c3)CC[C@H]1C[C@@H]2[C@@H](O)c1ccnc2ccccc12.[Br-]. The fraction of sp³-hybridized carbons (Fsp3) is 0.393. The Kier molecular flexibility index (Phi) is 7.31. The zero-order chi connectivity index (χ0) is 23.0. The van der Waals surface area contributed by atoms with Gasteiger partial charge >= 0.3 is 0 Å². The summed E-state index contributed by atoms with van der Waals surface area (Å²) in [6.45, 7) is 7.03. The second-order valence-corrected chi connectivity index (χ2v) is 9.62. The third-order valence-electron chi connectivity index (χ3n) is 7.95. The van der Waals surface area contributed by atoms with Gasteiger partial charge in [0.2, 0.25) is 0 Å². The molecule has 0 amide bonds. The lowest BCUT2D eigenvalue weighted by molar-refractivity contribution is -0.984. The lowest BCUT2D eigenvalue weighted by Gasteiger charge is -2.58. The number of quaternary nitrogens is 1. The second kappa shape index (κ2) is 10.1. The molecule has 1 aromatic heterocycles. The molecule has 1 N–H and O–H groups in total. The van der Waals surface area contributed by atoms with Gasteiger partial charge in [0.25, 0.3) is 0 Å². The number of piperidine rings is 3. The van der Waals surface area contributed by atoms with Crippen LogP contribution in [0.25, 0.3) is 10.9 Å². The van der Waals surface area contributed by atoms with E-state index in [-0.39, 0.29) is 23.0 Å². The Hall–Kier alpha value is -2.41. The van der Waals surface area contributed by atoms with E-state index in [0.717, 1.165) is 64.9 Å². The standard InChI is InChI=1S/C28H33N2O3.BrH/c1-4-20-18-30(17-19-13-22(32-2)16-23(14-19)33-3)12-10-21(20)15-27(30)28(31)25-9-11-29-26-8-6-5-7-24(25)26;/h4-9,11,13-14,16,20-21,27-28,31H,1,10,12,15,17-18H2,2-3H3;1H/q+1;/p-1/t20-,21-,27+,28-,30?;/m0./s1. The van der Waals surface area contributed by atoms with Gasteiger partial charge in [-0.05, 0) is 35.7 Å². The van der Waals surface area contributed by atoms with E-state index in [0.29, 0.717) is 11.8 Å². The summed E-state index contributed by atoms with van der Waals surface area (Å²) >= 11 is 0. The Bertz CT molecular complexity index is 1140. The smallest absolute Gasteiger partial charge is 0.131 e. The number of aromatic nitrogens is 1. The van der Waals surface area contributed by atoms with Crippen molar-refractivity contribution in [2.45, 2.75) is 31.5 Å². The summed E-state index contributed by atoms with van der Waals surface area (Å²) in [5, 5.41) is 12.9. The van der Waals surface area contributed by atoms with Crippen LogP contribution in [0.2, 0.25) is 0 Å². The van der Waals surface area contributed by atoms with Crippen LogP contribution in [0.1, 0.15) is 30.1 Å². The van der Waals surface area contributed by atoms with Crippen LogP contribution in [0.5, 0.6) is 11.5 Å². The molecule has 34 heavy (non-hydrogen) atoms. The average molecular weight is 525 g/mol. The van der Waals surface area contributed by atoms with E-state index in [1.54, 1.807) is 14.2 Å². The molecule has 3 saturated heterocycles. The predicted molar refractivity (Wildman–Crippen MR) is 130 cm³/mol. The first-order valence-corrected chi connectivity index (χ1v) is 11.8. The summed E-state index contributed by atoms with van der Waals surface area (Å²) in [4.78, 5) is 4.51. The maximum absolute atomic E-state index is 11.9. The van der Waals surface area contributed by atoms with Crippen LogP contribution in [0, 0.1) is 11.8 Å². The Balaban J connectivity index is 0.00000274.